The van der Waals surface area contributed by atoms with E-state index in [1.165, 1.54) is 16.4 Å². The largest absolute Gasteiger partial charge is 0.322 e. The third kappa shape index (κ3) is 3.69. The highest BCUT2D eigenvalue weighted by atomic mass is 32.2. The average Bonchev–Trinajstić information content (AvgIpc) is 2.68. The van der Waals surface area contributed by atoms with E-state index in [4.69, 9.17) is 5.26 Å². The van der Waals surface area contributed by atoms with Gasteiger partial charge in [-0.25, -0.2) is 13.2 Å². The van der Waals surface area contributed by atoms with E-state index in [1.54, 1.807) is 29.2 Å². The molecule has 8 heteroatoms. The molecule has 1 aliphatic rings. The molecule has 1 saturated heterocycles. The molecule has 1 heterocycles. The molecule has 134 valence electrons. The lowest BCUT2D eigenvalue weighted by Crippen LogP contribution is -2.51. The molecule has 1 N–H and O–H groups in total. The highest BCUT2D eigenvalue weighted by Crippen LogP contribution is 2.21. The summed E-state index contributed by atoms with van der Waals surface area (Å²) in [6.45, 7) is 0.938. The van der Waals surface area contributed by atoms with Crippen LogP contribution in [0.4, 0.5) is 10.5 Å². The number of hydrogen-bond donors (Lipinski definition) is 1. The molecule has 2 amide bonds. The molecular weight excluding hydrogens is 352 g/mol. The predicted octanol–water partition coefficient (Wildman–Crippen LogP) is 2.10. The van der Waals surface area contributed by atoms with E-state index in [9.17, 15) is 13.2 Å². The van der Waals surface area contributed by atoms with Gasteiger partial charge in [-0.05, 0) is 24.3 Å². The number of carbonyl (C=O) groups excluding carboxylic acids is 1. The van der Waals surface area contributed by atoms with Gasteiger partial charge in [-0.15, -0.1) is 0 Å². The van der Waals surface area contributed by atoms with Gasteiger partial charge in [0.15, 0.2) is 0 Å². The molecule has 0 radical (unpaired) electrons. The maximum Gasteiger partial charge on any atom is 0.321 e. The van der Waals surface area contributed by atoms with Crippen LogP contribution in [0.25, 0.3) is 0 Å². The molecule has 26 heavy (non-hydrogen) atoms. The smallest absolute Gasteiger partial charge is 0.321 e. The van der Waals surface area contributed by atoms with Gasteiger partial charge in [0, 0.05) is 31.9 Å². The van der Waals surface area contributed by atoms with Crippen molar-refractivity contribution in [1.82, 2.24) is 9.21 Å². The van der Waals surface area contributed by atoms with Crippen LogP contribution in [-0.2, 0) is 10.0 Å². The van der Waals surface area contributed by atoms with Crippen LogP contribution >= 0.6 is 0 Å². The molecule has 0 aromatic heterocycles. The van der Waals surface area contributed by atoms with Crippen LogP contribution in [0, 0.1) is 11.3 Å². The molecule has 7 nitrogen and oxygen atoms in total. The summed E-state index contributed by atoms with van der Waals surface area (Å²) in [6, 6.07) is 16.9. The van der Waals surface area contributed by atoms with Gasteiger partial charge in [0.05, 0.1) is 10.5 Å². The third-order valence-corrected chi connectivity index (χ3v) is 6.13. The minimum absolute atomic E-state index is 0.00434. The first-order chi connectivity index (χ1) is 12.5. The number of piperazine rings is 1. The molecule has 0 aliphatic carbocycles. The number of rotatable bonds is 3. The van der Waals surface area contributed by atoms with Crippen LogP contribution < -0.4 is 5.32 Å². The van der Waals surface area contributed by atoms with Crippen LogP contribution in [0.1, 0.15) is 5.56 Å². The van der Waals surface area contributed by atoms with Gasteiger partial charge >= 0.3 is 6.03 Å². The highest BCUT2D eigenvalue weighted by molar-refractivity contribution is 7.89. The van der Waals surface area contributed by atoms with Crippen LogP contribution in [-0.4, -0.2) is 49.8 Å². The normalized spacial score (nSPS) is 15.3. The standard InChI is InChI=1S/C18H18N4O3S/c19-14-15-6-4-5-9-17(15)26(24,25)22-12-10-21(11-13-22)18(23)20-16-7-2-1-3-8-16/h1-9H,10-13H2,(H,20,23). The molecule has 1 fully saturated rings. The number of nitrogens with one attached hydrogen (secondary N) is 1. The van der Waals surface area contributed by atoms with Gasteiger partial charge < -0.3 is 10.2 Å². The second kappa shape index (κ2) is 7.56. The minimum Gasteiger partial charge on any atom is -0.322 e. The van der Waals surface area contributed by atoms with Gasteiger partial charge in [-0.3, -0.25) is 0 Å². The lowest BCUT2D eigenvalue weighted by molar-refractivity contribution is 0.184. The molecule has 0 saturated carbocycles. The zero-order valence-corrected chi connectivity index (χ0v) is 14.8. The average molecular weight is 370 g/mol. The quantitative estimate of drug-likeness (QED) is 0.895. The van der Waals surface area contributed by atoms with Crippen molar-refractivity contribution >= 4 is 21.7 Å². The number of para-hydroxylation sites is 1. The molecule has 2 aromatic carbocycles. The zero-order valence-electron chi connectivity index (χ0n) is 14.0. The van der Waals surface area contributed by atoms with Crippen molar-refractivity contribution in [3.8, 4) is 6.07 Å². The van der Waals surface area contributed by atoms with Gasteiger partial charge in [0.25, 0.3) is 0 Å². The molecule has 1 aliphatic heterocycles. The van der Waals surface area contributed by atoms with Crippen molar-refractivity contribution in [2.45, 2.75) is 4.90 Å². The first-order valence-electron chi connectivity index (χ1n) is 8.12. The van der Waals surface area contributed by atoms with E-state index in [0.717, 1.165) is 0 Å². The Morgan fingerprint density at radius 2 is 1.58 bits per heavy atom. The Bertz CT molecular complexity index is 930. The fourth-order valence-electron chi connectivity index (χ4n) is 2.78. The number of hydrogen-bond acceptors (Lipinski definition) is 4. The van der Waals surface area contributed by atoms with Crippen molar-refractivity contribution in [1.29, 1.82) is 5.26 Å². The molecule has 0 unspecified atom stereocenters. The fourth-order valence-corrected chi connectivity index (χ4v) is 4.34. The Labute approximate surface area is 152 Å². The monoisotopic (exact) mass is 370 g/mol. The maximum atomic E-state index is 12.8. The second-order valence-corrected chi connectivity index (χ2v) is 7.70. The summed E-state index contributed by atoms with van der Waals surface area (Å²) in [7, 11) is -3.76. The van der Waals surface area contributed by atoms with Gasteiger partial charge in [0.2, 0.25) is 10.0 Å². The highest BCUT2D eigenvalue weighted by Gasteiger charge is 2.31. The lowest BCUT2D eigenvalue weighted by atomic mass is 10.2. The van der Waals surface area contributed by atoms with Crippen molar-refractivity contribution < 1.29 is 13.2 Å². The van der Waals surface area contributed by atoms with Crippen LogP contribution in [0.15, 0.2) is 59.5 Å². The van der Waals surface area contributed by atoms with Crippen LogP contribution in [0.2, 0.25) is 0 Å². The Kier molecular flexibility index (Phi) is 5.21. The summed E-state index contributed by atoms with van der Waals surface area (Å²) in [4.78, 5) is 13.9. The van der Waals surface area contributed by atoms with Gasteiger partial charge in [-0.1, -0.05) is 30.3 Å². The number of nitrogens with zero attached hydrogens (tertiary/aromatic N) is 3. The Morgan fingerprint density at radius 3 is 2.23 bits per heavy atom. The summed E-state index contributed by atoms with van der Waals surface area (Å²) in [5, 5.41) is 11.9. The molecule has 2 aromatic rings. The Balaban J connectivity index is 1.66. The molecule has 0 atom stereocenters. The maximum absolute atomic E-state index is 12.8. The molecule has 3 rings (SSSR count). The fraction of sp³-hybridized carbons (Fsp3) is 0.222. The van der Waals surface area contributed by atoms with Crippen molar-refractivity contribution in [2.24, 2.45) is 0 Å². The van der Waals surface area contributed by atoms with E-state index < -0.39 is 10.0 Å². The summed E-state index contributed by atoms with van der Waals surface area (Å²) < 4.78 is 26.9. The van der Waals surface area contributed by atoms with E-state index in [0.29, 0.717) is 5.69 Å². The number of nitriles is 1. The van der Waals surface area contributed by atoms with E-state index >= 15 is 0 Å². The lowest BCUT2D eigenvalue weighted by Gasteiger charge is -2.34. The summed E-state index contributed by atoms with van der Waals surface area (Å²) in [5.74, 6) is 0. The SMILES string of the molecule is N#Cc1ccccc1S(=O)(=O)N1CCN(C(=O)Nc2ccccc2)CC1. The molecular formula is C18H18N4O3S. The van der Waals surface area contributed by atoms with Crippen LogP contribution in [0.3, 0.4) is 0 Å². The summed E-state index contributed by atoms with van der Waals surface area (Å²) in [5.41, 5.74) is 0.812. The van der Waals surface area contributed by atoms with Crippen LogP contribution in [0.5, 0.6) is 0 Å². The number of anilines is 1. The van der Waals surface area contributed by atoms with E-state index in [1.807, 2.05) is 24.3 Å². The van der Waals surface area contributed by atoms with Crippen molar-refractivity contribution in [3.63, 3.8) is 0 Å². The number of carbonyl (C=O) groups is 1. The topological polar surface area (TPSA) is 93.5 Å². The third-order valence-electron chi connectivity index (χ3n) is 4.18. The molecule has 0 spiro atoms. The number of urea groups is 1. The second-order valence-electron chi connectivity index (χ2n) is 5.80. The first-order valence-corrected chi connectivity index (χ1v) is 9.56. The van der Waals surface area contributed by atoms with Gasteiger partial charge in [0.1, 0.15) is 6.07 Å². The number of amides is 2. The summed E-state index contributed by atoms with van der Waals surface area (Å²) in [6.07, 6.45) is 0. The Morgan fingerprint density at radius 1 is 0.962 bits per heavy atom. The van der Waals surface area contributed by atoms with Gasteiger partial charge in [-0.2, -0.15) is 9.57 Å². The Hall–Kier alpha value is -2.89. The van der Waals surface area contributed by atoms with Crippen molar-refractivity contribution in [2.75, 3.05) is 31.5 Å². The predicted molar refractivity (Wildman–Crippen MR) is 96.9 cm³/mol. The van der Waals surface area contributed by atoms with E-state index in [-0.39, 0.29) is 42.7 Å². The molecule has 0 bridgehead atoms. The number of benzene rings is 2. The van der Waals surface area contributed by atoms with E-state index in [2.05, 4.69) is 5.32 Å². The zero-order chi connectivity index (χ0) is 18.6. The minimum atomic E-state index is -3.76. The summed E-state index contributed by atoms with van der Waals surface area (Å²) >= 11 is 0. The first kappa shape index (κ1) is 17.9. The van der Waals surface area contributed by atoms with Crippen molar-refractivity contribution in [3.05, 3.63) is 60.2 Å². The number of sulfonamides is 1.